The summed E-state index contributed by atoms with van der Waals surface area (Å²) in [6, 6.07) is 0. The van der Waals surface area contributed by atoms with E-state index in [9.17, 15) is 0 Å². The van der Waals surface area contributed by atoms with E-state index in [1.807, 2.05) is 0 Å². The van der Waals surface area contributed by atoms with Gasteiger partial charge in [0.1, 0.15) is 0 Å². The van der Waals surface area contributed by atoms with Crippen LogP contribution in [0.15, 0.2) is 0 Å². The zero-order valence-corrected chi connectivity index (χ0v) is 12.1. The molecule has 0 bridgehead atoms. The monoisotopic (exact) mass is 225 g/mol. The Labute approximate surface area is 104 Å². The lowest BCUT2D eigenvalue weighted by molar-refractivity contribution is 0.399. The molecule has 0 saturated heterocycles. The molecule has 0 nitrogen and oxygen atoms in total. The van der Waals surface area contributed by atoms with Crippen molar-refractivity contribution in [3.8, 4) is 0 Å². The second kappa shape index (κ2) is 11.5. The first kappa shape index (κ1) is 16.0. The van der Waals surface area contributed by atoms with Crippen LogP contribution in [-0.4, -0.2) is 0 Å². The van der Waals surface area contributed by atoms with Gasteiger partial charge in [-0.15, -0.1) is 0 Å². The van der Waals surface area contributed by atoms with E-state index in [4.69, 9.17) is 0 Å². The largest absolute Gasteiger partial charge is 0.0654 e. The molecule has 0 aliphatic rings. The highest BCUT2D eigenvalue weighted by molar-refractivity contribution is 4.82. The van der Waals surface area contributed by atoms with Crippen molar-refractivity contribution in [3.63, 3.8) is 0 Å². The van der Waals surface area contributed by atoms with E-state index in [1.54, 1.807) is 0 Å². The normalized spacial score (nSPS) is 13.3. The molecule has 0 fully saturated rings. The Balaban J connectivity index is 3.84. The second-order valence-electron chi connectivity index (χ2n) is 5.19. The highest BCUT2D eigenvalue weighted by Gasteiger charge is 2.14. The zero-order chi connectivity index (χ0) is 12.2. The SMILES string of the molecule is CCCCCC([CH]C(CCC)CCC)CC. The van der Waals surface area contributed by atoms with Crippen molar-refractivity contribution in [3.05, 3.63) is 6.42 Å². The van der Waals surface area contributed by atoms with Gasteiger partial charge in [-0.05, 0) is 18.3 Å². The Hall–Kier alpha value is 0. The van der Waals surface area contributed by atoms with Crippen LogP contribution in [0.2, 0.25) is 0 Å². The minimum atomic E-state index is 0.884. The quantitative estimate of drug-likeness (QED) is 0.377. The van der Waals surface area contributed by atoms with Gasteiger partial charge in [0.25, 0.3) is 0 Å². The molecule has 0 spiro atoms. The summed E-state index contributed by atoms with van der Waals surface area (Å²) in [5.74, 6) is 1.77. The summed E-state index contributed by atoms with van der Waals surface area (Å²) in [5, 5.41) is 0. The lowest BCUT2D eigenvalue weighted by Crippen LogP contribution is -2.10. The van der Waals surface area contributed by atoms with Crippen LogP contribution in [0.25, 0.3) is 0 Å². The maximum atomic E-state index is 2.68. The van der Waals surface area contributed by atoms with E-state index < -0.39 is 0 Å². The molecule has 0 N–H and O–H groups in total. The molecule has 0 heteroatoms. The van der Waals surface area contributed by atoms with Gasteiger partial charge in [-0.2, -0.15) is 0 Å². The van der Waals surface area contributed by atoms with Crippen LogP contribution in [0, 0.1) is 18.3 Å². The highest BCUT2D eigenvalue weighted by Crippen LogP contribution is 2.26. The van der Waals surface area contributed by atoms with Crippen molar-refractivity contribution < 1.29 is 0 Å². The summed E-state index contributed by atoms with van der Waals surface area (Å²) in [6.07, 6.45) is 15.1. The van der Waals surface area contributed by atoms with Gasteiger partial charge >= 0.3 is 0 Å². The average Bonchev–Trinajstić information content (AvgIpc) is 2.28. The van der Waals surface area contributed by atoms with Crippen LogP contribution >= 0.6 is 0 Å². The van der Waals surface area contributed by atoms with E-state index in [-0.39, 0.29) is 0 Å². The molecule has 0 heterocycles. The summed E-state index contributed by atoms with van der Waals surface area (Å²) >= 11 is 0. The molecule has 0 aliphatic carbocycles. The Kier molecular flexibility index (Phi) is 11.5. The first-order valence-electron chi connectivity index (χ1n) is 7.63. The summed E-state index contributed by atoms with van der Waals surface area (Å²) in [5.41, 5.74) is 0. The molecular formula is C16H33. The van der Waals surface area contributed by atoms with Gasteiger partial charge in [0.2, 0.25) is 0 Å². The molecule has 1 unspecified atom stereocenters. The van der Waals surface area contributed by atoms with Gasteiger partial charge in [0, 0.05) is 0 Å². The van der Waals surface area contributed by atoms with Crippen LogP contribution < -0.4 is 0 Å². The van der Waals surface area contributed by atoms with Gasteiger partial charge in [0.15, 0.2) is 0 Å². The van der Waals surface area contributed by atoms with E-state index in [1.165, 1.54) is 57.8 Å². The molecule has 0 aliphatic heterocycles. The standard InChI is InChI=1S/C16H33/c1-5-9-10-13-15(8-4)14-16(11-6-2)12-7-3/h14-16H,5-13H2,1-4H3. The molecule has 1 radical (unpaired) electrons. The van der Waals surface area contributed by atoms with Crippen molar-refractivity contribution in [1.82, 2.24) is 0 Å². The van der Waals surface area contributed by atoms with Gasteiger partial charge in [-0.25, -0.2) is 0 Å². The number of hydrogen-bond donors (Lipinski definition) is 0. The average molecular weight is 225 g/mol. The van der Waals surface area contributed by atoms with Crippen molar-refractivity contribution in [2.24, 2.45) is 11.8 Å². The van der Waals surface area contributed by atoms with Crippen molar-refractivity contribution in [2.75, 3.05) is 0 Å². The molecular weight excluding hydrogens is 192 g/mol. The fourth-order valence-electron chi connectivity index (χ4n) is 2.56. The van der Waals surface area contributed by atoms with Crippen LogP contribution in [-0.2, 0) is 0 Å². The zero-order valence-electron chi connectivity index (χ0n) is 12.1. The number of hydrogen-bond acceptors (Lipinski definition) is 0. The van der Waals surface area contributed by atoms with Crippen LogP contribution in [0.5, 0.6) is 0 Å². The van der Waals surface area contributed by atoms with E-state index >= 15 is 0 Å². The van der Waals surface area contributed by atoms with E-state index in [0.717, 1.165) is 11.8 Å². The van der Waals surface area contributed by atoms with E-state index in [0.29, 0.717) is 0 Å². The Morgan fingerprint density at radius 2 is 1.31 bits per heavy atom. The Bertz CT molecular complexity index is 122. The summed E-state index contributed by atoms with van der Waals surface area (Å²) < 4.78 is 0. The van der Waals surface area contributed by atoms with Crippen LogP contribution in [0.4, 0.5) is 0 Å². The lowest BCUT2D eigenvalue weighted by atomic mass is 9.84. The molecule has 16 heavy (non-hydrogen) atoms. The minimum Gasteiger partial charge on any atom is -0.0654 e. The molecule has 1 atom stereocenters. The number of rotatable bonds is 11. The Morgan fingerprint density at radius 3 is 1.75 bits per heavy atom. The fraction of sp³-hybridized carbons (Fsp3) is 0.938. The Morgan fingerprint density at radius 1 is 0.688 bits per heavy atom. The third-order valence-corrected chi connectivity index (χ3v) is 3.57. The third-order valence-electron chi connectivity index (χ3n) is 3.57. The maximum Gasteiger partial charge on any atom is -0.0324 e. The summed E-state index contributed by atoms with van der Waals surface area (Å²) in [7, 11) is 0. The van der Waals surface area contributed by atoms with Crippen molar-refractivity contribution >= 4 is 0 Å². The number of unbranched alkanes of at least 4 members (excludes halogenated alkanes) is 2. The predicted molar refractivity (Wildman–Crippen MR) is 75.5 cm³/mol. The minimum absolute atomic E-state index is 0.884. The van der Waals surface area contributed by atoms with Gasteiger partial charge in [-0.3, -0.25) is 0 Å². The molecule has 97 valence electrons. The fourth-order valence-corrected chi connectivity index (χ4v) is 2.56. The summed E-state index contributed by atoms with van der Waals surface area (Å²) in [6.45, 7) is 9.27. The van der Waals surface area contributed by atoms with Crippen LogP contribution in [0.1, 0.15) is 85.5 Å². The topological polar surface area (TPSA) is 0 Å². The third kappa shape index (κ3) is 8.19. The smallest absolute Gasteiger partial charge is 0.0324 e. The second-order valence-corrected chi connectivity index (χ2v) is 5.19. The first-order valence-corrected chi connectivity index (χ1v) is 7.63. The molecule has 0 aromatic heterocycles. The van der Waals surface area contributed by atoms with Crippen LogP contribution in [0.3, 0.4) is 0 Å². The first-order chi connectivity index (χ1) is 7.78. The molecule has 0 saturated carbocycles. The van der Waals surface area contributed by atoms with Gasteiger partial charge in [-0.1, -0.05) is 85.5 Å². The molecule has 0 amide bonds. The predicted octanol–water partition coefficient (Wildman–Crippen LogP) is 6.01. The van der Waals surface area contributed by atoms with Gasteiger partial charge < -0.3 is 0 Å². The van der Waals surface area contributed by atoms with Crippen molar-refractivity contribution in [2.45, 2.75) is 85.5 Å². The van der Waals surface area contributed by atoms with E-state index in [2.05, 4.69) is 34.1 Å². The molecule has 0 aromatic carbocycles. The maximum absolute atomic E-state index is 2.68. The lowest BCUT2D eigenvalue weighted by Gasteiger charge is -2.21. The summed E-state index contributed by atoms with van der Waals surface area (Å²) in [4.78, 5) is 0. The highest BCUT2D eigenvalue weighted by atomic mass is 14.2. The van der Waals surface area contributed by atoms with Gasteiger partial charge in [0.05, 0.1) is 0 Å². The molecule has 0 aromatic rings. The molecule has 0 rings (SSSR count). The van der Waals surface area contributed by atoms with Crippen molar-refractivity contribution in [1.29, 1.82) is 0 Å².